The van der Waals surface area contributed by atoms with Crippen molar-refractivity contribution in [3.63, 3.8) is 0 Å². The average Bonchev–Trinajstić information content (AvgIpc) is 2.47. The standard InChI is InChI=1S/C16H12FNO3/c17-15-10-13(6-3-11(15)2-1-9-19)18-16(21)12-4-7-14(20)8-5-12/h3-8,10,19-20H,9H2,(H,18,21). The van der Waals surface area contributed by atoms with Gasteiger partial charge in [0, 0.05) is 11.3 Å². The van der Waals surface area contributed by atoms with Gasteiger partial charge in [0.1, 0.15) is 18.2 Å². The van der Waals surface area contributed by atoms with E-state index in [1.165, 1.54) is 36.4 Å². The lowest BCUT2D eigenvalue weighted by Crippen LogP contribution is -2.11. The molecule has 4 nitrogen and oxygen atoms in total. The highest BCUT2D eigenvalue weighted by molar-refractivity contribution is 6.04. The summed E-state index contributed by atoms with van der Waals surface area (Å²) in [4.78, 5) is 11.9. The van der Waals surface area contributed by atoms with Crippen LogP contribution in [-0.4, -0.2) is 22.7 Å². The summed E-state index contributed by atoms with van der Waals surface area (Å²) in [6, 6.07) is 9.79. The van der Waals surface area contributed by atoms with Crippen LogP contribution in [0.25, 0.3) is 0 Å². The highest BCUT2D eigenvalue weighted by Gasteiger charge is 2.08. The third-order valence-corrected chi connectivity index (χ3v) is 2.66. The second-order valence-electron chi connectivity index (χ2n) is 4.16. The molecule has 0 radical (unpaired) electrons. The van der Waals surface area contributed by atoms with Crippen LogP contribution in [0.15, 0.2) is 42.5 Å². The zero-order valence-electron chi connectivity index (χ0n) is 10.9. The molecule has 0 spiro atoms. The van der Waals surface area contributed by atoms with Gasteiger partial charge in [-0.3, -0.25) is 4.79 Å². The molecule has 5 heteroatoms. The highest BCUT2D eigenvalue weighted by Crippen LogP contribution is 2.16. The first-order valence-corrected chi connectivity index (χ1v) is 6.10. The number of rotatable bonds is 2. The highest BCUT2D eigenvalue weighted by atomic mass is 19.1. The van der Waals surface area contributed by atoms with Crippen molar-refractivity contribution >= 4 is 11.6 Å². The predicted octanol–water partition coefficient (Wildman–Crippen LogP) is 2.13. The Morgan fingerprint density at radius 3 is 2.52 bits per heavy atom. The van der Waals surface area contributed by atoms with Crippen molar-refractivity contribution in [3.8, 4) is 17.6 Å². The molecule has 0 aliphatic heterocycles. The van der Waals surface area contributed by atoms with Gasteiger partial charge in [-0.05, 0) is 42.5 Å². The first kappa shape index (κ1) is 14.6. The van der Waals surface area contributed by atoms with Gasteiger partial charge in [-0.25, -0.2) is 4.39 Å². The number of carbonyl (C=O) groups is 1. The monoisotopic (exact) mass is 285 g/mol. The Bertz CT molecular complexity index is 715. The third kappa shape index (κ3) is 3.81. The van der Waals surface area contributed by atoms with Gasteiger partial charge in [0.25, 0.3) is 5.91 Å². The van der Waals surface area contributed by atoms with Gasteiger partial charge >= 0.3 is 0 Å². The topological polar surface area (TPSA) is 69.6 Å². The van der Waals surface area contributed by atoms with Crippen molar-refractivity contribution in [2.45, 2.75) is 0 Å². The smallest absolute Gasteiger partial charge is 0.255 e. The van der Waals surface area contributed by atoms with Crippen LogP contribution in [0.3, 0.4) is 0 Å². The fourth-order valence-corrected chi connectivity index (χ4v) is 1.65. The minimum Gasteiger partial charge on any atom is -0.508 e. The van der Waals surface area contributed by atoms with E-state index in [2.05, 4.69) is 17.2 Å². The molecule has 0 fully saturated rings. The van der Waals surface area contributed by atoms with Crippen LogP contribution < -0.4 is 5.32 Å². The Kier molecular flexibility index (Phi) is 4.54. The quantitative estimate of drug-likeness (QED) is 0.740. The van der Waals surface area contributed by atoms with E-state index in [9.17, 15) is 9.18 Å². The molecule has 0 saturated carbocycles. The SMILES string of the molecule is O=C(Nc1ccc(C#CCO)c(F)c1)c1ccc(O)cc1. The Morgan fingerprint density at radius 2 is 1.90 bits per heavy atom. The summed E-state index contributed by atoms with van der Waals surface area (Å²) in [6.45, 7) is -0.348. The minimum atomic E-state index is -0.584. The maximum atomic E-state index is 13.7. The van der Waals surface area contributed by atoms with Crippen molar-refractivity contribution in [2.75, 3.05) is 11.9 Å². The molecule has 2 rings (SSSR count). The molecule has 106 valence electrons. The molecule has 0 aliphatic carbocycles. The van der Waals surface area contributed by atoms with Crippen LogP contribution in [-0.2, 0) is 0 Å². The Labute approximate surface area is 120 Å². The first-order chi connectivity index (χ1) is 10.1. The summed E-state index contributed by atoms with van der Waals surface area (Å²) in [7, 11) is 0. The molecule has 2 aromatic carbocycles. The molecule has 0 aromatic heterocycles. The maximum Gasteiger partial charge on any atom is 0.255 e. The Hall–Kier alpha value is -2.84. The van der Waals surface area contributed by atoms with E-state index in [0.717, 1.165) is 6.07 Å². The van der Waals surface area contributed by atoms with Gasteiger partial charge in [0.2, 0.25) is 0 Å². The summed E-state index contributed by atoms with van der Waals surface area (Å²) >= 11 is 0. The maximum absolute atomic E-state index is 13.7. The number of hydrogen-bond donors (Lipinski definition) is 3. The van der Waals surface area contributed by atoms with Gasteiger partial charge in [0.05, 0.1) is 5.56 Å². The lowest BCUT2D eigenvalue weighted by Gasteiger charge is -2.06. The van der Waals surface area contributed by atoms with Crippen molar-refractivity contribution in [1.29, 1.82) is 0 Å². The van der Waals surface area contributed by atoms with Crippen molar-refractivity contribution < 1.29 is 19.4 Å². The van der Waals surface area contributed by atoms with E-state index in [1.54, 1.807) is 0 Å². The average molecular weight is 285 g/mol. The fourth-order valence-electron chi connectivity index (χ4n) is 1.65. The summed E-state index contributed by atoms with van der Waals surface area (Å²) < 4.78 is 13.7. The number of carbonyl (C=O) groups excluding carboxylic acids is 1. The van der Waals surface area contributed by atoms with Crippen LogP contribution in [0.4, 0.5) is 10.1 Å². The molecule has 3 N–H and O–H groups in total. The van der Waals surface area contributed by atoms with Gasteiger partial charge in [0.15, 0.2) is 0 Å². The lowest BCUT2D eigenvalue weighted by molar-refractivity contribution is 0.102. The van der Waals surface area contributed by atoms with E-state index in [1.807, 2.05) is 0 Å². The summed E-state index contributed by atoms with van der Waals surface area (Å²) in [5.74, 6) is 3.88. The second-order valence-corrected chi connectivity index (χ2v) is 4.16. The molecule has 0 bridgehead atoms. The van der Waals surface area contributed by atoms with E-state index >= 15 is 0 Å². The number of nitrogens with one attached hydrogen (secondary N) is 1. The molecule has 21 heavy (non-hydrogen) atoms. The van der Waals surface area contributed by atoms with Crippen LogP contribution >= 0.6 is 0 Å². The van der Waals surface area contributed by atoms with E-state index in [0.29, 0.717) is 11.3 Å². The minimum absolute atomic E-state index is 0.0596. The molecular weight excluding hydrogens is 273 g/mol. The second kappa shape index (κ2) is 6.55. The molecular formula is C16H12FNO3. The van der Waals surface area contributed by atoms with E-state index < -0.39 is 11.7 Å². The van der Waals surface area contributed by atoms with Crippen molar-refractivity contribution in [2.24, 2.45) is 0 Å². The van der Waals surface area contributed by atoms with E-state index in [4.69, 9.17) is 10.2 Å². The number of amides is 1. The molecule has 0 aliphatic rings. The number of halogens is 1. The Balaban J connectivity index is 2.14. The number of aliphatic hydroxyl groups is 1. The summed E-state index contributed by atoms with van der Waals surface area (Å²) in [5.41, 5.74) is 0.782. The van der Waals surface area contributed by atoms with Crippen molar-refractivity contribution in [3.05, 3.63) is 59.4 Å². The molecule has 2 aromatic rings. The Morgan fingerprint density at radius 1 is 1.19 bits per heavy atom. The number of anilines is 1. The summed E-state index contributed by atoms with van der Waals surface area (Å²) in [6.07, 6.45) is 0. The molecule has 1 amide bonds. The summed E-state index contributed by atoms with van der Waals surface area (Å²) in [5, 5.41) is 20.3. The molecule has 0 unspecified atom stereocenters. The zero-order chi connectivity index (χ0) is 15.2. The number of aliphatic hydroxyl groups excluding tert-OH is 1. The molecule has 0 heterocycles. The van der Waals surface area contributed by atoms with Crippen LogP contribution in [0.2, 0.25) is 0 Å². The number of phenolic OH excluding ortho intramolecular Hbond substituents is 1. The lowest BCUT2D eigenvalue weighted by atomic mass is 10.1. The first-order valence-electron chi connectivity index (χ1n) is 6.10. The number of benzene rings is 2. The predicted molar refractivity (Wildman–Crippen MR) is 76.4 cm³/mol. The number of phenols is 1. The van der Waals surface area contributed by atoms with Crippen LogP contribution in [0.5, 0.6) is 5.75 Å². The van der Waals surface area contributed by atoms with Crippen LogP contribution in [0.1, 0.15) is 15.9 Å². The van der Waals surface area contributed by atoms with Gasteiger partial charge < -0.3 is 15.5 Å². The largest absolute Gasteiger partial charge is 0.508 e. The van der Waals surface area contributed by atoms with Gasteiger partial charge in [-0.1, -0.05) is 11.8 Å². The third-order valence-electron chi connectivity index (χ3n) is 2.66. The fraction of sp³-hybridized carbons (Fsp3) is 0.0625. The normalized spacial score (nSPS) is 9.62. The zero-order valence-corrected chi connectivity index (χ0v) is 10.9. The molecule has 0 atom stereocenters. The molecule has 0 saturated heterocycles. The number of aromatic hydroxyl groups is 1. The van der Waals surface area contributed by atoms with Crippen molar-refractivity contribution in [1.82, 2.24) is 0 Å². The van der Waals surface area contributed by atoms with Crippen LogP contribution in [0, 0.1) is 17.7 Å². The number of hydrogen-bond acceptors (Lipinski definition) is 3. The van der Waals surface area contributed by atoms with Gasteiger partial charge in [-0.15, -0.1) is 0 Å². The van der Waals surface area contributed by atoms with E-state index in [-0.39, 0.29) is 17.9 Å². The van der Waals surface area contributed by atoms with Gasteiger partial charge in [-0.2, -0.15) is 0 Å².